The van der Waals surface area contributed by atoms with Crippen LogP contribution in [-0.4, -0.2) is 25.2 Å². The van der Waals surface area contributed by atoms with Crippen LogP contribution in [0.1, 0.15) is 6.42 Å². The molecule has 1 N–H and O–H groups in total. The molecule has 0 spiro atoms. The van der Waals surface area contributed by atoms with Gasteiger partial charge in [-0.3, -0.25) is 0 Å². The predicted molar refractivity (Wildman–Crippen MR) is 61.1 cm³/mol. The molecule has 2 fully saturated rings. The van der Waals surface area contributed by atoms with Crippen molar-refractivity contribution in [2.75, 3.05) is 18.0 Å². The molecular weight excluding hydrogens is 234 g/mol. The van der Waals surface area contributed by atoms with Crippen molar-refractivity contribution in [1.82, 2.24) is 5.32 Å². The van der Waals surface area contributed by atoms with Crippen LogP contribution in [0.2, 0.25) is 0 Å². The number of hydrogen-bond acceptors (Lipinski definition) is 2. The third-order valence-corrected chi connectivity index (χ3v) is 3.14. The zero-order chi connectivity index (χ0) is 10.4. The van der Waals surface area contributed by atoms with E-state index in [9.17, 15) is 8.78 Å². The zero-order valence-corrected chi connectivity index (χ0v) is 9.44. The Morgan fingerprint density at radius 1 is 1.31 bits per heavy atom. The number of fused-ring (bicyclic) bond motifs is 1. The van der Waals surface area contributed by atoms with Crippen LogP contribution in [0.3, 0.4) is 0 Å². The first-order valence-corrected chi connectivity index (χ1v) is 5.21. The van der Waals surface area contributed by atoms with E-state index in [1.807, 2.05) is 4.90 Å². The Balaban J connectivity index is 0.000000963. The highest BCUT2D eigenvalue weighted by Gasteiger charge is 2.44. The van der Waals surface area contributed by atoms with Crippen LogP contribution in [0.15, 0.2) is 18.2 Å². The van der Waals surface area contributed by atoms with Crippen LogP contribution >= 0.6 is 12.4 Å². The lowest BCUT2D eigenvalue weighted by molar-refractivity contribution is 0.551. The monoisotopic (exact) mass is 246 g/mol. The maximum Gasteiger partial charge on any atom is 0.149 e. The van der Waals surface area contributed by atoms with Crippen LogP contribution in [0.25, 0.3) is 0 Å². The molecule has 0 radical (unpaired) electrons. The van der Waals surface area contributed by atoms with Crippen molar-refractivity contribution in [1.29, 1.82) is 0 Å². The summed E-state index contributed by atoms with van der Waals surface area (Å²) in [5.41, 5.74) is 0.533. The lowest BCUT2D eigenvalue weighted by Gasteiger charge is -2.29. The Hall–Kier alpha value is -0.870. The number of rotatable bonds is 1. The summed E-state index contributed by atoms with van der Waals surface area (Å²) in [6.45, 7) is 1.67. The molecule has 2 atom stereocenters. The molecule has 1 aromatic rings. The van der Waals surface area contributed by atoms with Gasteiger partial charge in [-0.15, -0.1) is 12.4 Å². The van der Waals surface area contributed by atoms with Gasteiger partial charge in [-0.25, -0.2) is 8.78 Å². The molecule has 1 aromatic carbocycles. The van der Waals surface area contributed by atoms with Crippen LogP contribution in [0.4, 0.5) is 14.5 Å². The largest absolute Gasteiger partial charge is 0.363 e. The number of hydrogen-bond donors (Lipinski definition) is 1. The summed E-state index contributed by atoms with van der Waals surface area (Å²) in [5, 5.41) is 3.35. The fourth-order valence-corrected chi connectivity index (χ4v) is 2.29. The van der Waals surface area contributed by atoms with Crippen molar-refractivity contribution in [2.24, 2.45) is 0 Å². The van der Waals surface area contributed by atoms with Gasteiger partial charge in [-0.2, -0.15) is 0 Å². The normalized spacial score (nSPS) is 27.0. The summed E-state index contributed by atoms with van der Waals surface area (Å²) >= 11 is 0. The van der Waals surface area contributed by atoms with Gasteiger partial charge in [0, 0.05) is 31.2 Å². The van der Waals surface area contributed by atoms with E-state index in [0.717, 1.165) is 25.6 Å². The number of benzene rings is 1. The summed E-state index contributed by atoms with van der Waals surface area (Å²) in [5.74, 6) is -0.971. The number of anilines is 1. The Bertz CT molecular complexity index is 400. The van der Waals surface area contributed by atoms with E-state index in [0.29, 0.717) is 17.8 Å². The van der Waals surface area contributed by atoms with Crippen LogP contribution in [0.5, 0.6) is 0 Å². The first-order chi connectivity index (χ1) is 7.25. The maximum absolute atomic E-state index is 13.5. The molecule has 2 aliphatic rings. The lowest BCUT2D eigenvalue weighted by Crippen LogP contribution is -2.43. The van der Waals surface area contributed by atoms with E-state index in [-0.39, 0.29) is 12.4 Å². The van der Waals surface area contributed by atoms with Gasteiger partial charge in [0.25, 0.3) is 0 Å². The first-order valence-electron chi connectivity index (χ1n) is 5.21. The summed E-state index contributed by atoms with van der Waals surface area (Å²) in [7, 11) is 0. The second-order valence-corrected chi connectivity index (χ2v) is 4.15. The van der Waals surface area contributed by atoms with E-state index < -0.39 is 11.6 Å². The van der Waals surface area contributed by atoms with Gasteiger partial charge in [-0.05, 0) is 18.6 Å². The minimum Gasteiger partial charge on any atom is -0.363 e. The second-order valence-electron chi connectivity index (χ2n) is 4.15. The highest BCUT2D eigenvalue weighted by atomic mass is 35.5. The Morgan fingerprint density at radius 3 is 2.88 bits per heavy atom. The van der Waals surface area contributed by atoms with Gasteiger partial charge in [0.2, 0.25) is 0 Å². The van der Waals surface area contributed by atoms with Crippen molar-refractivity contribution in [3.05, 3.63) is 29.8 Å². The standard InChI is InChI=1S/C11H12F2N2.ClH/c12-7-1-2-10(8(13)5-7)15-4-3-14-9-6-11(9)15;/h1-2,5,9,11,14H,3-4,6H2;1H. The maximum atomic E-state index is 13.5. The van der Waals surface area contributed by atoms with Crippen molar-refractivity contribution in [3.8, 4) is 0 Å². The van der Waals surface area contributed by atoms with E-state index >= 15 is 0 Å². The summed E-state index contributed by atoms with van der Waals surface area (Å²) < 4.78 is 26.3. The molecule has 2 unspecified atom stereocenters. The zero-order valence-electron chi connectivity index (χ0n) is 8.62. The Kier molecular flexibility index (Phi) is 3.04. The molecule has 88 valence electrons. The molecule has 1 heterocycles. The van der Waals surface area contributed by atoms with Crippen molar-refractivity contribution in [3.63, 3.8) is 0 Å². The Labute approximate surface area is 99.0 Å². The van der Waals surface area contributed by atoms with Gasteiger partial charge >= 0.3 is 0 Å². The lowest BCUT2D eigenvalue weighted by atomic mass is 10.2. The molecule has 0 amide bonds. The van der Waals surface area contributed by atoms with Gasteiger partial charge in [0.05, 0.1) is 5.69 Å². The fourth-order valence-electron chi connectivity index (χ4n) is 2.29. The fraction of sp³-hybridized carbons (Fsp3) is 0.455. The quantitative estimate of drug-likeness (QED) is 0.815. The second kappa shape index (κ2) is 4.18. The van der Waals surface area contributed by atoms with Crippen molar-refractivity contribution >= 4 is 18.1 Å². The van der Waals surface area contributed by atoms with Crippen LogP contribution < -0.4 is 10.2 Å². The molecular formula is C11H13ClF2N2. The Morgan fingerprint density at radius 2 is 2.12 bits per heavy atom. The minimum atomic E-state index is -0.515. The SMILES string of the molecule is Cl.Fc1ccc(N2CCNC3CC32)c(F)c1. The number of nitrogens with one attached hydrogen (secondary N) is 1. The highest BCUT2D eigenvalue weighted by Crippen LogP contribution is 2.35. The molecule has 16 heavy (non-hydrogen) atoms. The first kappa shape index (κ1) is 11.6. The van der Waals surface area contributed by atoms with E-state index in [4.69, 9.17) is 0 Å². The van der Waals surface area contributed by atoms with E-state index in [1.54, 1.807) is 0 Å². The van der Waals surface area contributed by atoms with Gasteiger partial charge in [0.1, 0.15) is 11.6 Å². The molecule has 1 aliphatic carbocycles. The van der Waals surface area contributed by atoms with E-state index in [1.165, 1.54) is 12.1 Å². The third kappa shape index (κ3) is 1.87. The van der Waals surface area contributed by atoms with Gasteiger partial charge < -0.3 is 10.2 Å². The molecule has 1 aliphatic heterocycles. The predicted octanol–water partition coefficient (Wildman–Crippen LogP) is 1.94. The van der Waals surface area contributed by atoms with Gasteiger partial charge in [0.15, 0.2) is 0 Å². The molecule has 1 saturated heterocycles. The minimum absolute atomic E-state index is 0. The average Bonchev–Trinajstić information content (AvgIpc) is 2.96. The number of nitrogens with zero attached hydrogens (tertiary/aromatic N) is 1. The smallest absolute Gasteiger partial charge is 0.149 e. The third-order valence-electron chi connectivity index (χ3n) is 3.14. The van der Waals surface area contributed by atoms with E-state index in [2.05, 4.69) is 5.32 Å². The average molecular weight is 247 g/mol. The summed E-state index contributed by atoms with van der Waals surface area (Å²) in [6, 6.07) is 4.71. The molecule has 0 bridgehead atoms. The number of piperazine rings is 1. The molecule has 3 rings (SSSR count). The summed E-state index contributed by atoms with van der Waals surface area (Å²) in [4.78, 5) is 2.04. The summed E-state index contributed by atoms with van der Waals surface area (Å²) in [6.07, 6.45) is 1.07. The number of halogens is 3. The van der Waals surface area contributed by atoms with Crippen LogP contribution in [0, 0.1) is 11.6 Å². The highest BCUT2D eigenvalue weighted by molar-refractivity contribution is 5.85. The van der Waals surface area contributed by atoms with Gasteiger partial charge in [-0.1, -0.05) is 0 Å². The van der Waals surface area contributed by atoms with Crippen LogP contribution in [-0.2, 0) is 0 Å². The topological polar surface area (TPSA) is 15.3 Å². The van der Waals surface area contributed by atoms with Crippen molar-refractivity contribution in [2.45, 2.75) is 18.5 Å². The van der Waals surface area contributed by atoms with Crippen molar-refractivity contribution < 1.29 is 8.78 Å². The molecule has 1 saturated carbocycles. The molecule has 5 heteroatoms. The molecule has 0 aromatic heterocycles. The molecule has 2 nitrogen and oxygen atoms in total.